The largest absolute Gasteiger partial charge is 0.467 e. The highest BCUT2D eigenvalue weighted by Crippen LogP contribution is 2.43. The highest BCUT2D eigenvalue weighted by Gasteiger charge is 2.49. The predicted molar refractivity (Wildman–Crippen MR) is 99.7 cm³/mol. The molecule has 1 aliphatic carbocycles. The van der Waals surface area contributed by atoms with Gasteiger partial charge < -0.3 is 19.8 Å². The van der Waals surface area contributed by atoms with Crippen molar-refractivity contribution in [3.05, 3.63) is 24.2 Å². The summed E-state index contributed by atoms with van der Waals surface area (Å²) in [7, 11) is 1.78. The molecular formula is C16H28IN3O2. The fourth-order valence-corrected chi connectivity index (χ4v) is 2.63. The summed E-state index contributed by atoms with van der Waals surface area (Å²) in [5.41, 5.74) is 0.104. The summed E-state index contributed by atoms with van der Waals surface area (Å²) < 4.78 is 11.3. The van der Waals surface area contributed by atoms with Crippen molar-refractivity contribution in [3.8, 4) is 0 Å². The van der Waals surface area contributed by atoms with Crippen LogP contribution in [0.1, 0.15) is 39.9 Å². The summed E-state index contributed by atoms with van der Waals surface area (Å²) in [4.78, 5) is 4.27. The van der Waals surface area contributed by atoms with Crippen LogP contribution in [-0.4, -0.2) is 31.3 Å². The van der Waals surface area contributed by atoms with E-state index < -0.39 is 0 Å². The van der Waals surface area contributed by atoms with E-state index in [1.165, 1.54) is 0 Å². The summed E-state index contributed by atoms with van der Waals surface area (Å²) in [6, 6.07) is 4.19. The quantitative estimate of drug-likeness (QED) is 0.436. The second-order valence-electron chi connectivity index (χ2n) is 6.43. The van der Waals surface area contributed by atoms with E-state index in [9.17, 15) is 0 Å². The van der Waals surface area contributed by atoms with Crippen molar-refractivity contribution < 1.29 is 9.15 Å². The number of guanidine groups is 1. The zero-order valence-electron chi connectivity index (χ0n) is 14.1. The molecule has 0 radical (unpaired) electrons. The maximum Gasteiger partial charge on any atom is 0.191 e. The van der Waals surface area contributed by atoms with E-state index in [4.69, 9.17) is 9.15 Å². The Morgan fingerprint density at radius 3 is 2.73 bits per heavy atom. The molecule has 1 saturated carbocycles. The Bertz CT molecular complexity index is 472. The highest BCUT2D eigenvalue weighted by atomic mass is 127. The first-order chi connectivity index (χ1) is 9.93. The third-order valence-corrected chi connectivity index (χ3v) is 4.16. The van der Waals surface area contributed by atoms with E-state index in [0.717, 1.165) is 18.1 Å². The summed E-state index contributed by atoms with van der Waals surface area (Å²) in [5.74, 6) is 1.69. The van der Waals surface area contributed by atoms with Crippen molar-refractivity contribution >= 4 is 29.9 Å². The van der Waals surface area contributed by atoms with Gasteiger partial charge in [0.15, 0.2) is 5.96 Å². The average molecular weight is 421 g/mol. The smallest absolute Gasteiger partial charge is 0.191 e. The first kappa shape index (κ1) is 19.3. The maximum atomic E-state index is 5.95. The van der Waals surface area contributed by atoms with Crippen molar-refractivity contribution in [1.82, 2.24) is 10.6 Å². The van der Waals surface area contributed by atoms with E-state index in [0.29, 0.717) is 18.7 Å². The zero-order chi connectivity index (χ0) is 15.5. The molecular weight excluding hydrogens is 393 g/mol. The highest BCUT2D eigenvalue weighted by molar-refractivity contribution is 14.0. The molecule has 126 valence electrons. The molecule has 0 spiro atoms. The number of rotatable bonds is 5. The van der Waals surface area contributed by atoms with Crippen LogP contribution >= 0.6 is 24.0 Å². The lowest BCUT2D eigenvalue weighted by atomic mass is 9.64. The maximum absolute atomic E-state index is 5.95. The minimum absolute atomic E-state index is 0. The predicted octanol–water partition coefficient (Wildman–Crippen LogP) is 3.15. The Kier molecular flexibility index (Phi) is 7.18. The summed E-state index contributed by atoms with van der Waals surface area (Å²) >= 11 is 0. The van der Waals surface area contributed by atoms with Crippen molar-refractivity contribution in [3.63, 3.8) is 0 Å². The van der Waals surface area contributed by atoms with Crippen LogP contribution in [0.5, 0.6) is 0 Å². The summed E-state index contributed by atoms with van der Waals surface area (Å²) in [6.45, 7) is 9.27. The normalized spacial score (nSPS) is 23.6. The van der Waals surface area contributed by atoms with E-state index in [1.54, 1.807) is 13.3 Å². The number of hydrogen-bond acceptors (Lipinski definition) is 3. The van der Waals surface area contributed by atoms with E-state index in [2.05, 4.69) is 43.3 Å². The molecule has 1 heterocycles. The SMILES string of the molecule is CN=C(NCc1ccco1)NC1CC(OC(C)C)C1(C)C.I. The van der Waals surface area contributed by atoms with E-state index in [1.807, 2.05) is 12.1 Å². The number of hydrogen-bond donors (Lipinski definition) is 2. The third-order valence-electron chi connectivity index (χ3n) is 4.16. The number of ether oxygens (including phenoxy) is 1. The van der Waals surface area contributed by atoms with Crippen LogP contribution in [0.15, 0.2) is 27.8 Å². The Labute approximate surface area is 150 Å². The summed E-state index contributed by atoms with van der Waals surface area (Å²) in [5, 5.41) is 6.74. The van der Waals surface area contributed by atoms with Crippen LogP contribution in [0.2, 0.25) is 0 Å². The van der Waals surface area contributed by atoms with E-state index >= 15 is 0 Å². The third kappa shape index (κ3) is 4.62. The molecule has 5 nitrogen and oxygen atoms in total. The molecule has 0 aliphatic heterocycles. The molecule has 6 heteroatoms. The molecule has 0 saturated heterocycles. The minimum Gasteiger partial charge on any atom is -0.467 e. The van der Waals surface area contributed by atoms with Gasteiger partial charge >= 0.3 is 0 Å². The Balaban J connectivity index is 0.00000242. The Morgan fingerprint density at radius 1 is 1.50 bits per heavy atom. The lowest BCUT2D eigenvalue weighted by molar-refractivity contribution is -0.134. The molecule has 2 atom stereocenters. The first-order valence-corrected chi connectivity index (χ1v) is 7.58. The average Bonchev–Trinajstić information content (AvgIpc) is 2.94. The van der Waals surface area contributed by atoms with Gasteiger partial charge in [0.25, 0.3) is 0 Å². The van der Waals surface area contributed by atoms with Gasteiger partial charge in [-0.25, -0.2) is 0 Å². The number of furan rings is 1. The number of nitrogens with zero attached hydrogens (tertiary/aromatic N) is 1. The van der Waals surface area contributed by atoms with Crippen molar-refractivity contribution in [2.75, 3.05) is 7.05 Å². The molecule has 1 aromatic heterocycles. The number of halogens is 1. The van der Waals surface area contributed by atoms with Gasteiger partial charge in [-0.05, 0) is 32.4 Å². The second kappa shape index (κ2) is 8.19. The van der Waals surface area contributed by atoms with E-state index in [-0.39, 0.29) is 35.5 Å². The molecule has 2 unspecified atom stereocenters. The van der Waals surface area contributed by atoms with Gasteiger partial charge in [0, 0.05) is 18.5 Å². The fourth-order valence-electron chi connectivity index (χ4n) is 2.63. The second-order valence-corrected chi connectivity index (χ2v) is 6.43. The molecule has 1 aliphatic rings. The Morgan fingerprint density at radius 2 is 2.23 bits per heavy atom. The Hall–Kier alpha value is -0.760. The minimum atomic E-state index is 0. The van der Waals surface area contributed by atoms with Crippen LogP contribution in [0.3, 0.4) is 0 Å². The van der Waals surface area contributed by atoms with Gasteiger partial charge in [-0.3, -0.25) is 4.99 Å². The zero-order valence-corrected chi connectivity index (χ0v) is 16.4. The van der Waals surface area contributed by atoms with Gasteiger partial charge in [0.05, 0.1) is 25.0 Å². The fraction of sp³-hybridized carbons (Fsp3) is 0.688. The molecule has 2 rings (SSSR count). The monoisotopic (exact) mass is 421 g/mol. The van der Waals surface area contributed by atoms with Gasteiger partial charge in [-0.1, -0.05) is 13.8 Å². The number of nitrogens with one attached hydrogen (secondary N) is 2. The molecule has 22 heavy (non-hydrogen) atoms. The van der Waals surface area contributed by atoms with Gasteiger partial charge in [-0.15, -0.1) is 24.0 Å². The van der Waals surface area contributed by atoms with Crippen molar-refractivity contribution in [1.29, 1.82) is 0 Å². The van der Waals surface area contributed by atoms with Crippen molar-refractivity contribution in [2.24, 2.45) is 10.4 Å². The lowest BCUT2D eigenvalue weighted by Crippen LogP contribution is -2.63. The summed E-state index contributed by atoms with van der Waals surface area (Å²) in [6.07, 6.45) is 3.26. The molecule has 2 N–H and O–H groups in total. The first-order valence-electron chi connectivity index (χ1n) is 7.58. The topological polar surface area (TPSA) is 58.8 Å². The van der Waals surface area contributed by atoms with Crippen LogP contribution in [-0.2, 0) is 11.3 Å². The van der Waals surface area contributed by atoms with Crippen LogP contribution < -0.4 is 10.6 Å². The van der Waals surface area contributed by atoms with Crippen LogP contribution in [0, 0.1) is 5.41 Å². The standard InChI is InChI=1S/C16H27N3O2.HI/c1-11(2)21-14-9-13(16(14,3)4)19-15(17-5)18-10-12-7-6-8-20-12;/h6-8,11,13-14H,9-10H2,1-5H3,(H2,17,18,19);1H. The van der Waals surface area contributed by atoms with Crippen LogP contribution in [0.4, 0.5) is 0 Å². The molecule has 0 amide bonds. The van der Waals surface area contributed by atoms with Crippen molar-refractivity contribution in [2.45, 2.75) is 58.9 Å². The van der Waals surface area contributed by atoms with Gasteiger partial charge in [-0.2, -0.15) is 0 Å². The molecule has 0 aromatic carbocycles. The number of aliphatic imine (C=N–C) groups is 1. The lowest BCUT2D eigenvalue weighted by Gasteiger charge is -2.52. The molecule has 0 bridgehead atoms. The van der Waals surface area contributed by atoms with Gasteiger partial charge in [0.1, 0.15) is 5.76 Å². The van der Waals surface area contributed by atoms with Gasteiger partial charge in [0.2, 0.25) is 0 Å². The molecule has 1 aromatic rings. The molecule has 1 fully saturated rings. The van der Waals surface area contributed by atoms with Crippen LogP contribution in [0.25, 0.3) is 0 Å².